The van der Waals surface area contributed by atoms with Crippen LogP contribution in [0.15, 0.2) is 17.0 Å². The fourth-order valence-electron chi connectivity index (χ4n) is 1.31. The van der Waals surface area contributed by atoms with Gasteiger partial charge in [0.05, 0.1) is 4.92 Å². The molecule has 1 rings (SSSR count). The fraction of sp³-hybridized carbons (Fsp3) is 0.250. The molecule has 0 aliphatic rings. The monoisotopic (exact) mass is 371 g/mol. The standard InChI is InChI=1S/C8H3ClF5NO6S/c9-22(18,19)6-4(20-7(10)11)2-1-3(15(16)17)5(6)21-8(12,13)14/h1-2,7H. The molecule has 0 unspecified atom stereocenters. The Balaban J connectivity index is 3.74. The summed E-state index contributed by atoms with van der Waals surface area (Å²) in [4.78, 5) is 7.50. The fourth-order valence-corrected chi connectivity index (χ4v) is 2.47. The highest BCUT2D eigenvalue weighted by atomic mass is 35.7. The third-order valence-corrected chi connectivity index (χ3v) is 3.27. The largest absolute Gasteiger partial charge is 0.573 e. The number of benzene rings is 1. The van der Waals surface area contributed by atoms with Crippen LogP contribution in [0, 0.1) is 10.1 Å². The molecule has 0 bridgehead atoms. The van der Waals surface area contributed by atoms with Crippen LogP contribution in [-0.4, -0.2) is 26.3 Å². The van der Waals surface area contributed by atoms with Crippen molar-refractivity contribution in [1.29, 1.82) is 0 Å². The van der Waals surface area contributed by atoms with Gasteiger partial charge in [-0.3, -0.25) is 10.1 Å². The van der Waals surface area contributed by atoms with Crippen molar-refractivity contribution < 1.29 is 44.8 Å². The Morgan fingerprint density at radius 1 is 1.27 bits per heavy atom. The van der Waals surface area contributed by atoms with Crippen LogP contribution in [-0.2, 0) is 9.05 Å². The van der Waals surface area contributed by atoms with E-state index >= 15 is 0 Å². The van der Waals surface area contributed by atoms with Crippen LogP contribution in [0.1, 0.15) is 0 Å². The van der Waals surface area contributed by atoms with Gasteiger partial charge in [0.25, 0.3) is 9.05 Å². The lowest BCUT2D eigenvalue weighted by atomic mass is 10.2. The van der Waals surface area contributed by atoms with Crippen molar-refractivity contribution in [2.45, 2.75) is 17.9 Å². The van der Waals surface area contributed by atoms with Crippen molar-refractivity contribution in [2.24, 2.45) is 0 Å². The lowest BCUT2D eigenvalue weighted by molar-refractivity contribution is -0.389. The minimum absolute atomic E-state index is 0.296. The molecule has 0 fully saturated rings. The molecule has 1 aromatic carbocycles. The minimum Gasteiger partial charge on any atom is -0.433 e. The third kappa shape index (κ3) is 4.56. The molecule has 0 aromatic heterocycles. The highest BCUT2D eigenvalue weighted by molar-refractivity contribution is 8.14. The van der Waals surface area contributed by atoms with E-state index in [0.29, 0.717) is 12.1 Å². The molecule has 0 heterocycles. The number of nitro groups is 1. The second-order valence-corrected chi connectivity index (χ2v) is 5.87. The highest BCUT2D eigenvalue weighted by Gasteiger charge is 2.40. The highest BCUT2D eigenvalue weighted by Crippen LogP contribution is 2.44. The van der Waals surface area contributed by atoms with E-state index in [1.165, 1.54) is 0 Å². The number of rotatable bonds is 5. The molecule has 0 spiro atoms. The average Bonchev–Trinajstić information content (AvgIpc) is 2.23. The molecule has 0 radical (unpaired) electrons. The molecule has 0 aliphatic heterocycles. The van der Waals surface area contributed by atoms with Gasteiger partial charge in [-0.1, -0.05) is 0 Å². The normalized spacial score (nSPS) is 12.3. The maximum atomic E-state index is 12.3. The van der Waals surface area contributed by atoms with E-state index in [-0.39, 0.29) is 0 Å². The Bertz CT molecular complexity index is 691. The number of halogens is 6. The quantitative estimate of drug-likeness (QED) is 0.342. The molecule has 0 N–H and O–H groups in total. The predicted octanol–water partition coefficient (Wildman–Crippen LogP) is 3.02. The van der Waals surface area contributed by atoms with Crippen LogP contribution >= 0.6 is 10.7 Å². The van der Waals surface area contributed by atoms with Crippen molar-refractivity contribution in [3.8, 4) is 11.5 Å². The lowest BCUT2D eigenvalue weighted by Crippen LogP contribution is -2.20. The number of hydrogen-bond acceptors (Lipinski definition) is 6. The Hall–Kier alpha value is -1.89. The van der Waals surface area contributed by atoms with Crippen molar-refractivity contribution in [2.75, 3.05) is 0 Å². The van der Waals surface area contributed by atoms with Gasteiger partial charge >= 0.3 is 18.7 Å². The molecule has 7 nitrogen and oxygen atoms in total. The number of nitrogens with zero attached hydrogens (tertiary/aromatic N) is 1. The zero-order valence-electron chi connectivity index (χ0n) is 9.80. The van der Waals surface area contributed by atoms with Crippen LogP contribution in [0.5, 0.6) is 11.5 Å². The molecule has 0 saturated carbocycles. The first-order valence-corrected chi connectivity index (χ1v) is 7.10. The average molecular weight is 372 g/mol. The van der Waals surface area contributed by atoms with Crippen LogP contribution in [0.2, 0.25) is 0 Å². The number of ether oxygens (including phenoxy) is 2. The van der Waals surface area contributed by atoms with Gasteiger partial charge in [-0.25, -0.2) is 8.42 Å². The summed E-state index contributed by atoms with van der Waals surface area (Å²) in [6, 6.07) is 0.646. The minimum atomic E-state index is -5.55. The first-order valence-electron chi connectivity index (χ1n) is 4.79. The molecule has 124 valence electrons. The maximum absolute atomic E-state index is 12.3. The summed E-state index contributed by atoms with van der Waals surface area (Å²) < 4.78 is 90.7. The number of alkyl halides is 5. The summed E-state index contributed by atoms with van der Waals surface area (Å²) in [6.07, 6.45) is -5.55. The van der Waals surface area contributed by atoms with Gasteiger partial charge in [0, 0.05) is 16.7 Å². The molecule has 0 saturated heterocycles. The topological polar surface area (TPSA) is 95.7 Å². The van der Waals surface area contributed by atoms with Gasteiger partial charge in [0.1, 0.15) is 5.75 Å². The second kappa shape index (κ2) is 6.08. The van der Waals surface area contributed by atoms with Gasteiger partial charge < -0.3 is 9.47 Å². The Morgan fingerprint density at radius 2 is 1.82 bits per heavy atom. The van der Waals surface area contributed by atoms with E-state index in [1.54, 1.807) is 0 Å². The van der Waals surface area contributed by atoms with Gasteiger partial charge in [0.2, 0.25) is 5.75 Å². The summed E-state index contributed by atoms with van der Waals surface area (Å²) >= 11 is 0. The summed E-state index contributed by atoms with van der Waals surface area (Å²) in [6.45, 7) is -3.63. The van der Waals surface area contributed by atoms with E-state index in [0.717, 1.165) is 0 Å². The van der Waals surface area contributed by atoms with Crippen LogP contribution in [0.4, 0.5) is 27.6 Å². The second-order valence-electron chi connectivity index (χ2n) is 3.36. The SMILES string of the molecule is O=[N+]([O-])c1ccc(OC(F)F)c(S(=O)(=O)Cl)c1OC(F)(F)F. The number of hydrogen-bond donors (Lipinski definition) is 0. The third-order valence-electron chi connectivity index (χ3n) is 1.93. The first kappa shape index (κ1) is 18.2. The van der Waals surface area contributed by atoms with Gasteiger partial charge in [-0.05, 0) is 6.07 Å². The molecule has 0 aliphatic carbocycles. The molecule has 0 atom stereocenters. The maximum Gasteiger partial charge on any atom is 0.573 e. The van der Waals surface area contributed by atoms with Gasteiger partial charge in [-0.15, -0.1) is 13.2 Å². The van der Waals surface area contributed by atoms with E-state index in [4.69, 9.17) is 10.7 Å². The predicted molar refractivity (Wildman–Crippen MR) is 59.5 cm³/mol. The zero-order chi connectivity index (χ0) is 17.3. The smallest absolute Gasteiger partial charge is 0.433 e. The van der Waals surface area contributed by atoms with E-state index < -0.39 is 49.0 Å². The molecule has 0 amide bonds. The van der Waals surface area contributed by atoms with E-state index in [2.05, 4.69) is 9.47 Å². The molecule has 14 heteroatoms. The summed E-state index contributed by atoms with van der Waals surface area (Å²) in [5, 5.41) is 10.7. The van der Waals surface area contributed by atoms with E-state index in [9.17, 15) is 40.5 Å². The van der Waals surface area contributed by atoms with E-state index in [1.807, 2.05) is 0 Å². The lowest BCUT2D eigenvalue weighted by Gasteiger charge is -2.15. The first-order chi connectivity index (χ1) is 9.83. The molecule has 1 aromatic rings. The van der Waals surface area contributed by atoms with Crippen molar-refractivity contribution in [3.05, 3.63) is 22.2 Å². The van der Waals surface area contributed by atoms with Crippen LogP contribution in [0.25, 0.3) is 0 Å². The van der Waals surface area contributed by atoms with Crippen molar-refractivity contribution in [1.82, 2.24) is 0 Å². The van der Waals surface area contributed by atoms with Crippen molar-refractivity contribution in [3.63, 3.8) is 0 Å². The van der Waals surface area contributed by atoms with Gasteiger partial charge in [0.15, 0.2) is 4.90 Å². The van der Waals surface area contributed by atoms with Crippen molar-refractivity contribution >= 4 is 25.4 Å². The van der Waals surface area contributed by atoms with Gasteiger partial charge in [-0.2, -0.15) is 8.78 Å². The molecular weight excluding hydrogens is 369 g/mol. The summed E-state index contributed by atoms with van der Waals surface area (Å²) in [7, 11) is -0.319. The summed E-state index contributed by atoms with van der Waals surface area (Å²) in [5.74, 6) is -3.22. The number of nitro benzene ring substituents is 1. The Morgan fingerprint density at radius 3 is 2.18 bits per heavy atom. The van der Waals surface area contributed by atoms with Crippen LogP contribution < -0.4 is 9.47 Å². The Labute approximate surface area is 122 Å². The zero-order valence-corrected chi connectivity index (χ0v) is 11.4. The molecular formula is C8H3ClF5NO6S. The summed E-state index contributed by atoms with van der Waals surface area (Å²) in [5.41, 5.74) is -1.46. The Kier molecular flexibility index (Phi) is 5.02. The molecule has 22 heavy (non-hydrogen) atoms. The van der Waals surface area contributed by atoms with Crippen LogP contribution in [0.3, 0.4) is 0 Å².